The van der Waals surface area contributed by atoms with Crippen molar-refractivity contribution in [3.8, 4) is 11.4 Å². The van der Waals surface area contributed by atoms with Gasteiger partial charge in [-0.05, 0) is 48.7 Å². The number of imide groups is 1. The smallest absolute Gasteiger partial charge is 0.329 e. The van der Waals surface area contributed by atoms with E-state index in [1.165, 1.54) is 24.3 Å². The Hall–Kier alpha value is -3.88. The standard InChI is InChI=1S/C23H20FN3O5/c1-13(2)11-18(27-21(28)16-5-3-4-6-17(16)22(27)29)23(30)31-12-19-25-20(26-32-19)14-7-9-15(24)10-8-14/h3-10,13,18H,11-12H2,1-2H3. The summed E-state index contributed by atoms with van der Waals surface area (Å²) in [6.45, 7) is 3.43. The monoisotopic (exact) mass is 437 g/mol. The van der Waals surface area contributed by atoms with Crippen molar-refractivity contribution < 1.29 is 28.0 Å². The highest BCUT2D eigenvalue weighted by molar-refractivity contribution is 6.22. The van der Waals surface area contributed by atoms with Gasteiger partial charge in [0.25, 0.3) is 17.7 Å². The van der Waals surface area contributed by atoms with Gasteiger partial charge in [-0.3, -0.25) is 14.5 Å². The number of nitrogens with zero attached hydrogens (tertiary/aromatic N) is 3. The molecule has 0 spiro atoms. The molecular weight excluding hydrogens is 417 g/mol. The molecule has 0 saturated carbocycles. The largest absolute Gasteiger partial charge is 0.454 e. The SMILES string of the molecule is CC(C)CC(C(=O)OCc1nc(-c2ccc(F)cc2)no1)N1C(=O)c2ccccc2C1=O. The second kappa shape index (κ2) is 8.70. The summed E-state index contributed by atoms with van der Waals surface area (Å²) in [6, 6.07) is 10.9. The lowest BCUT2D eigenvalue weighted by atomic mass is 10.0. The van der Waals surface area contributed by atoms with Gasteiger partial charge in [-0.25, -0.2) is 9.18 Å². The number of benzene rings is 2. The van der Waals surface area contributed by atoms with E-state index in [2.05, 4.69) is 10.1 Å². The number of halogens is 1. The molecule has 4 rings (SSSR count). The van der Waals surface area contributed by atoms with Gasteiger partial charge in [-0.2, -0.15) is 4.98 Å². The zero-order valence-electron chi connectivity index (χ0n) is 17.4. The van der Waals surface area contributed by atoms with E-state index in [-0.39, 0.29) is 41.8 Å². The summed E-state index contributed by atoms with van der Waals surface area (Å²) in [7, 11) is 0. The van der Waals surface area contributed by atoms with Crippen LogP contribution in [0.15, 0.2) is 53.1 Å². The lowest BCUT2D eigenvalue weighted by Gasteiger charge is -2.25. The minimum Gasteiger partial charge on any atom is -0.454 e. The Bertz CT molecular complexity index is 1140. The van der Waals surface area contributed by atoms with E-state index in [4.69, 9.17) is 9.26 Å². The molecule has 9 heteroatoms. The summed E-state index contributed by atoms with van der Waals surface area (Å²) in [5, 5.41) is 3.80. The normalized spacial score (nSPS) is 14.1. The maximum Gasteiger partial charge on any atom is 0.329 e. The Kier molecular flexibility index (Phi) is 5.81. The fraction of sp³-hybridized carbons (Fsp3) is 0.261. The highest BCUT2D eigenvalue weighted by Crippen LogP contribution is 2.27. The number of rotatable bonds is 7. The number of carbonyl (C=O) groups excluding carboxylic acids is 3. The lowest BCUT2D eigenvalue weighted by Crippen LogP contribution is -2.46. The fourth-order valence-corrected chi connectivity index (χ4v) is 3.50. The number of esters is 1. The van der Waals surface area contributed by atoms with Crippen LogP contribution in [0.1, 0.15) is 46.9 Å². The van der Waals surface area contributed by atoms with Crippen molar-refractivity contribution in [3.05, 3.63) is 71.4 Å². The number of carbonyl (C=O) groups is 3. The molecule has 8 nitrogen and oxygen atoms in total. The summed E-state index contributed by atoms with van der Waals surface area (Å²) < 4.78 is 23.5. The van der Waals surface area contributed by atoms with Crippen molar-refractivity contribution in [2.45, 2.75) is 32.9 Å². The molecule has 3 aromatic rings. The first-order chi connectivity index (χ1) is 15.3. The Morgan fingerprint density at radius 3 is 2.28 bits per heavy atom. The third-order valence-corrected chi connectivity index (χ3v) is 5.01. The van der Waals surface area contributed by atoms with Crippen LogP contribution in [0.3, 0.4) is 0 Å². The first-order valence-corrected chi connectivity index (χ1v) is 10.1. The van der Waals surface area contributed by atoms with Gasteiger partial charge in [-0.15, -0.1) is 0 Å². The van der Waals surface area contributed by atoms with Crippen LogP contribution in [0.25, 0.3) is 11.4 Å². The van der Waals surface area contributed by atoms with E-state index < -0.39 is 29.6 Å². The summed E-state index contributed by atoms with van der Waals surface area (Å²) >= 11 is 0. The van der Waals surface area contributed by atoms with Crippen molar-refractivity contribution in [1.82, 2.24) is 15.0 Å². The number of hydrogen-bond donors (Lipinski definition) is 0. The molecule has 0 saturated heterocycles. The molecule has 0 fully saturated rings. The van der Waals surface area contributed by atoms with Gasteiger partial charge in [-0.1, -0.05) is 31.1 Å². The van der Waals surface area contributed by atoms with E-state index in [0.29, 0.717) is 5.56 Å². The molecule has 164 valence electrons. The van der Waals surface area contributed by atoms with Crippen LogP contribution in [0.5, 0.6) is 0 Å². The molecule has 1 aliphatic heterocycles. The van der Waals surface area contributed by atoms with Gasteiger partial charge in [0, 0.05) is 5.56 Å². The van der Waals surface area contributed by atoms with Crippen LogP contribution in [-0.2, 0) is 16.1 Å². The van der Waals surface area contributed by atoms with Crippen molar-refractivity contribution in [2.75, 3.05) is 0 Å². The van der Waals surface area contributed by atoms with Crippen molar-refractivity contribution >= 4 is 17.8 Å². The minimum atomic E-state index is -1.08. The molecule has 2 heterocycles. The van der Waals surface area contributed by atoms with Gasteiger partial charge < -0.3 is 9.26 Å². The lowest BCUT2D eigenvalue weighted by molar-refractivity contribution is -0.151. The minimum absolute atomic E-state index is 0.0188. The predicted octanol–water partition coefficient (Wildman–Crippen LogP) is 3.63. The molecule has 1 aromatic heterocycles. The number of amides is 2. The maximum atomic E-state index is 13.1. The Balaban J connectivity index is 1.48. The third kappa shape index (κ3) is 4.14. The first kappa shape index (κ1) is 21.4. The molecule has 1 atom stereocenters. The second-order valence-corrected chi connectivity index (χ2v) is 7.80. The summed E-state index contributed by atoms with van der Waals surface area (Å²) in [5.74, 6) is -1.91. The Morgan fingerprint density at radius 1 is 1.06 bits per heavy atom. The van der Waals surface area contributed by atoms with Crippen LogP contribution in [-0.4, -0.2) is 38.9 Å². The van der Waals surface area contributed by atoms with Crippen molar-refractivity contribution in [3.63, 3.8) is 0 Å². The highest BCUT2D eigenvalue weighted by Gasteiger charge is 2.43. The Labute approximate surface area is 183 Å². The molecule has 0 radical (unpaired) electrons. The predicted molar refractivity (Wildman–Crippen MR) is 110 cm³/mol. The molecule has 1 aliphatic rings. The van der Waals surface area contributed by atoms with Crippen LogP contribution in [0, 0.1) is 11.7 Å². The van der Waals surface area contributed by atoms with Crippen LogP contribution in [0.4, 0.5) is 4.39 Å². The van der Waals surface area contributed by atoms with Crippen molar-refractivity contribution in [1.29, 1.82) is 0 Å². The molecule has 2 amide bonds. The summed E-state index contributed by atoms with van der Waals surface area (Å²) in [6.07, 6.45) is 0.245. The van der Waals surface area contributed by atoms with Gasteiger partial charge in [0.1, 0.15) is 11.9 Å². The third-order valence-electron chi connectivity index (χ3n) is 5.01. The zero-order valence-corrected chi connectivity index (χ0v) is 17.4. The molecule has 1 unspecified atom stereocenters. The molecule has 0 bridgehead atoms. The van der Waals surface area contributed by atoms with Crippen LogP contribution < -0.4 is 0 Å². The first-order valence-electron chi connectivity index (χ1n) is 10.1. The van der Waals surface area contributed by atoms with E-state index >= 15 is 0 Å². The molecule has 2 aromatic carbocycles. The van der Waals surface area contributed by atoms with E-state index in [1.807, 2.05) is 13.8 Å². The topological polar surface area (TPSA) is 103 Å². The number of hydrogen-bond acceptors (Lipinski definition) is 7. The van der Waals surface area contributed by atoms with Crippen molar-refractivity contribution in [2.24, 2.45) is 5.92 Å². The second-order valence-electron chi connectivity index (χ2n) is 7.80. The number of fused-ring (bicyclic) bond motifs is 1. The highest BCUT2D eigenvalue weighted by atomic mass is 19.1. The summed E-state index contributed by atoms with van der Waals surface area (Å²) in [4.78, 5) is 43.6. The molecule has 32 heavy (non-hydrogen) atoms. The van der Waals surface area contributed by atoms with Gasteiger partial charge >= 0.3 is 5.97 Å². The maximum absolute atomic E-state index is 13.1. The molecular formula is C23H20FN3O5. The Morgan fingerprint density at radius 2 is 1.69 bits per heavy atom. The van der Waals surface area contributed by atoms with Crippen LogP contribution >= 0.6 is 0 Å². The average Bonchev–Trinajstić information content (AvgIpc) is 3.34. The number of aromatic nitrogens is 2. The fourth-order valence-electron chi connectivity index (χ4n) is 3.50. The zero-order chi connectivity index (χ0) is 22.8. The molecule has 0 aliphatic carbocycles. The van der Waals surface area contributed by atoms with Gasteiger partial charge in [0.2, 0.25) is 5.82 Å². The van der Waals surface area contributed by atoms with Gasteiger partial charge in [0.15, 0.2) is 6.61 Å². The average molecular weight is 437 g/mol. The number of ether oxygens (including phenoxy) is 1. The van der Waals surface area contributed by atoms with E-state index in [0.717, 1.165) is 4.90 Å². The van der Waals surface area contributed by atoms with Crippen LogP contribution in [0.2, 0.25) is 0 Å². The van der Waals surface area contributed by atoms with Gasteiger partial charge in [0.05, 0.1) is 11.1 Å². The quantitative estimate of drug-likeness (QED) is 0.411. The van der Waals surface area contributed by atoms with E-state index in [1.54, 1.807) is 24.3 Å². The molecule has 0 N–H and O–H groups in total. The summed E-state index contributed by atoms with van der Waals surface area (Å²) in [5.41, 5.74) is 1.07. The van der Waals surface area contributed by atoms with E-state index in [9.17, 15) is 18.8 Å².